The maximum Gasteiger partial charge on any atom is 0.238 e. The number of nitrogens with one attached hydrogen (secondary N) is 1. The Balaban J connectivity index is 1.67. The monoisotopic (exact) mass is 355 g/mol. The number of aryl methyl sites for hydroxylation is 1. The van der Waals surface area contributed by atoms with Crippen molar-refractivity contribution in [2.45, 2.75) is 29.3 Å². The van der Waals surface area contributed by atoms with Gasteiger partial charge in [-0.3, -0.25) is 4.79 Å². The highest BCUT2D eigenvalue weighted by molar-refractivity contribution is 8.00. The largest absolute Gasteiger partial charge is 0.352 e. The van der Waals surface area contributed by atoms with E-state index in [1.54, 1.807) is 12.1 Å². The summed E-state index contributed by atoms with van der Waals surface area (Å²) in [5, 5.41) is 3.35. The molecule has 0 unspecified atom stereocenters. The van der Waals surface area contributed by atoms with Crippen LogP contribution in [0.15, 0.2) is 53.7 Å². The number of imidazole rings is 1. The number of halogens is 1. The normalized spacial score (nSPS) is 15.3. The minimum absolute atomic E-state index is 0.0498. The van der Waals surface area contributed by atoms with Gasteiger partial charge in [0, 0.05) is 13.1 Å². The lowest BCUT2D eigenvalue weighted by atomic mass is 10.1. The SMILES string of the molecule is Cn1c(S[C@@H](C(=O)NC2CC2)c2ccc(F)cc2)nc2ccccc21. The predicted molar refractivity (Wildman–Crippen MR) is 96.9 cm³/mol. The minimum Gasteiger partial charge on any atom is -0.352 e. The van der Waals surface area contributed by atoms with Crippen LogP contribution in [0.1, 0.15) is 23.7 Å². The molecule has 1 aliphatic rings. The molecule has 2 aromatic carbocycles. The smallest absolute Gasteiger partial charge is 0.238 e. The van der Waals surface area contributed by atoms with Crippen LogP contribution in [0.4, 0.5) is 4.39 Å². The van der Waals surface area contributed by atoms with Crippen LogP contribution < -0.4 is 5.32 Å². The van der Waals surface area contributed by atoms with Gasteiger partial charge in [0.05, 0.1) is 11.0 Å². The second-order valence-electron chi connectivity index (χ2n) is 6.27. The lowest BCUT2D eigenvalue weighted by Gasteiger charge is -2.16. The summed E-state index contributed by atoms with van der Waals surface area (Å²) in [5.74, 6) is -0.357. The molecule has 1 saturated carbocycles. The Morgan fingerprint density at radius 1 is 1.24 bits per heavy atom. The third-order valence-corrected chi connectivity index (χ3v) is 5.60. The molecule has 1 amide bonds. The average Bonchev–Trinajstić information content (AvgIpc) is 3.37. The van der Waals surface area contributed by atoms with Gasteiger partial charge in [-0.15, -0.1) is 0 Å². The first-order valence-electron chi connectivity index (χ1n) is 8.26. The van der Waals surface area contributed by atoms with Crippen molar-refractivity contribution in [3.05, 3.63) is 59.9 Å². The molecule has 0 spiro atoms. The van der Waals surface area contributed by atoms with E-state index in [9.17, 15) is 9.18 Å². The van der Waals surface area contributed by atoms with Crippen LogP contribution in [-0.2, 0) is 11.8 Å². The molecule has 1 aliphatic carbocycles. The fraction of sp³-hybridized carbons (Fsp3) is 0.263. The second-order valence-corrected chi connectivity index (χ2v) is 7.35. The zero-order valence-corrected chi connectivity index (χ0v) is 14.6. The zero-order valence-electron chi connectivity index (χ0n) is 13.8. The number of para-hydroxylation sites is 2. The van der Waals surface area contributed by atoms with Crippen LogP contribution in [0.3, 0.4) is 0 Å². The standard InChI is InChI=1S/C19H18FN3OS/c1-23-16-5-3-2-4-15(16)22-19(23)25-17(18(24)21-14-10-11-14)12-6-8-13(20)9-7-12/h2-9,14,17H,10-11H2,1H3,(H,21,24)/t17-/m1/s1. The Morgan fingerprint density at radius 2 is 1.96 bits per heavy atom. The van der Waals surface area contributed by atoms with Crippen molar-refractivity contribution in [1.29, 1.82) is 0 Å². The molecule has 4 nitrogen and oxygen atoms in total. The number of fused-ring (bicyclic) bond motifs is 1. The van der Waals surface area contributed by atoms with Gasteiger partial charge in [0.2, 0.25) is 5.91 Å². The van der Waals surface area contributed by atoms with E-state index in [0.717, 1.165) is 34.6 Å². The molecule has 1 atom stereocenters. The van der Waals surface area contributed by atoms with Gasteiger partial charge in [-0.1, -0.05) is 36.0 Å². The Kier molecular flexibility index (Phi) is 4.21. The van der Waals surface area contributed by atoms with E-state index >= 15 is 0 Å². The van der Waals surface area contributed by atoms with Gasteiger partial charge in [0.15, 0.2) is 5.16 Å². The zero-order chi connectivity index (χ0) is 17.4. The van der Waals surface area contributed by atoms with Gasteiger partial charge in [-0.2, -0.15) is 0 Å². The molecule has 3 aromatic rings. The van der Waals surface area contributed by atoms with Crippen molar-refractivity contribution in [3.8, 4) is 0 Å². The first-order chi connectivity index (χ1) is 12.1. The van der Waals surface area contributed by atoms with Crippen molar-refractivity contribution in [3.63, 3.8) is 0 Å². The summed E-state index contributed by atoms with van der Waals surface area (Å²) in [6.07, 6.45) is 2.05. The number of hydrogen-bond donors (Lipinski definition) is 1. The van der Waals surface area contributed by atoms with Crippen molar-refractivity contribution in [1.82, 2.24) is 14.9 Å². The van der Waals surface area contributed by atoms with Crippen LogP contribution in [0.2, 0.25) is 0 Å². The highest BCUT2D eigenvalue weighted by Gasteiger charge is 2.30. The van der Waals surface area contributed by atoms with Crippen molar-refractivity contribution in [2.24, 2.45) is 7.05 Å². The lowest BCUT2D eigenvalue weighted by molar-refractivity contribution is -0.120. The summed E-state index contributed by atoms with van der Waals surface area (Å²) >= 11 is 1.40. The van der Waals surface area contributed by atoms with E-state index in [0.29, 0.717) is 0 Å². The van der Waals surface area contributed by atoms with Gasteiger partial charge < -0.3 is 9.88 Å². The third kappa shape index (κ3) is 3.39. The van der Waals surface area contributed by atoms with Gasteiger partial charge in [-0.05, 0) is 42.7 Å². The van der Waals surface area contributed by atoms with Gasteiger partial charge in [-0.25, -0.2) is 9.37 Å². The maximum absolute atomic E-state index is 13.3. The first kappa shape index (κ1) is 16.1. The van der Waals surface area contributed by atoms with E-state index in [2.05, 4.69) is 10.3 Å². The molecule has 1 fully saturated rings. The highest BCUT2D eigenvalue weighted by atomic mass is 32.2. The Bertz CT molecular complexity index is 918. The van der Waals surface area contributed by atoms with E-state index in [1.807, 2.05) is 35.9 Å². The molecule has 25 heavy (non-hydrogen) atoms. The predicted octanol–water partition coefficient (Wildman–Crippen LogP) is 3.82. The molecular formula is C19H18FN3OS. The molecule has 1 N–H and O–H groups in total. The summed E-state index contributed by atoms with van der Waals surface area (Å²) < 4.78 is 15.3. The fourth-order valence-corrected chi connectivity index (χ4v) is 3.84. The minimum atomic E-state index is -0.461. The van der Waals surface area contributed by atoms with Crippen LogP contribution in [-0.4, -0.2) is 21.5 Å². The summed E-state index contributed by atoms with van der Waals surface area (Å²) in [4.78, 5) is 17.4. The number of rotatable bonds is 5. The number of hydrogen-bond acceptors (Lipinski definition) is 3. The van der Waals surface area contributed by atoms with Crippen LogP contribution >= 0.6 is 11.8 Å². The van der Waals surface area contributed by atoms with Crippen molar-refractivity contribution in [2.75, 3.05) is 0 Å². The van der Waals surface area contributed by atoms with Crippen LogP contribution in [0, 0.1) is 5.82 Å². The summed E-state index contributed by atoms with van der Waals surface area (Å²) in [6.45, 7) is 0. The number of carbonyl (C=O) groups excluding carboxylic acids is 1. The quantitative estimate of drug-likeness (QED) is 0.708. The summed E-state index contributed by atoms with van der Waals surface area (Å²) in [7, 11) is 1.94. The van der Waals surface area contributed by atoms with Crippen LogP contribution in [0.5, 0.6) is 0 Å². The molecule has 0 aliphatic heterocycles. The third-order valence-electron chi connectivity index (χ3n) is 4.30. The topological polar surface area (TPSA) is 46.9 Å². The van der Waals surface area contributed by atoms with Gasteiger partial charge in [0.25, 0.3) is 0 Å². The average molecular weight is 355 g/mol. The van der Waals surface area contributed by atoms with Crippen LogP contribution in [0.25, 0.3) is 11.0 Å². The summed E-state index contributed by atoms with van der Waals surface area (Å²) in [6, 6.07) is 14.3. The molecule has 4 rings (SSSR count). The number of carbonyl (C=O) groups is 1. The molecule has 6 heteroatoms. The van der Waals surface area contributed by atoms with Crippen molar-refractivity contribution < 1.29 is 9.18 Å². The number of benzene rings is 2. The molecule has 128 valence electrons. The van der Waals surface area contributed by atoms with Crippen molar-refractivity contribution >= 4 is 28.7 Å². The first-order valence-corrected chi connectivity index (χ1v) is 9.14. The Labute approximate surface area is 149 Å². The molecule has 0 bridgehead atoms. The van der Waals surface area contributed by atoms with E-state index < -0.39 is 5.25 Å². The number of nitrogens with zero attached hydrogens (tertiary/aromatic N) is 2. The molecule has 1 heterocycles. The molecule has 1 aromatic heterocycles. The van der Waals surface area contributed by atoms with Gasteiger partial charge in [0.1, 0.15) is 11.1 Å². The second kappa shape index (κ2) is 6.52. The maximum atomic E-state index is 13.3. The molecule has 0 saturated heterocycles. The van der Waals surface area contributed by atoms with E-state index in [-0.39, 0.29) is 17.8 Å². The number of amides is 1. The van der Waals surface area contributed by atoms with Gasteiger partial charge >= 0.3 is 0 Å². The Hall–Kier alpha value is -2.34. The van der Waals surface area contributed by atoms with E-state index in [4.69, 9.17) is 0 Å². The molecule has 0 radical (unpaired) electrons. The number of thioether (sulfide) groups is 1. The number of aromatic nitrogens is 2. The fourth-order valence-electron chi connectivity index (χ4n) is 2.75. The summed E-state index contributed by atoms with van der Waals surface area (Å²) in [5.41, 5.74) is 2.69. The highest BCUT2D eigenvalue weighted by Crippen LogP contribution is 2.37. The molecular weight excluding hydrogens is 337 g/mol. The lowest BCUT2D eigenvalue weighted by Crippen LogP contribution is -2.29. The van der Waals surface area contributed by atoms with E-state index in [1.165, 1.54) is 23.9 Å². The Morgan fingerprint density at radius 3 is 2.64 bits per heavy atom.